The first-order valence-electron chi connectivity index (χ1n) is 47.6. The van der Waals surface area contributed by atoms with Gasteiger partial charge in [0.25, 0.3) is 0 Å². The second-order valence-electron chi connectivity index (χ2n) is 32.4. The van der Waals surface area contributed by atoms with Crippen LogP contribution < -0.4 is 56.8 Å². The van der Waals surface area contributed by atoms with Gasteiger partial charge >= 0.3 is 0 Å². The molecule has 2 aliphatic rings. The number of unbranched alkanes of at least 4 members (excludes halogenated alkanes) is 24. The molecule has 5 heterocycles. The van der Waals surface area contributed by atoms with Gasteiger partial charge < -0.3 is 66.8 Å². The van der Waals surface area contributed by atoms with Crippen molar-refractivity contribution in [1.29, 1.82) is 0 Å². The molecule has 3 aromatic heterocycles. The number of hydrogen-bond donors (Lipinski definition) is 2. The van der Waals surface area contributed by atoms with Gasteiger partial charge in [-0.2, -0.15) is 0 Å². The fourth-order valence-corrected chi connectivity index (χ4v) is 15.1. The van der Waals surface area contributed by atoms with Crippen LogP contribution in [0.3, 0.4) is 0 Å². The van der Waals surface area contributed by atoms with Gasteiger partial charge in [-0.05, 0) is 196 Å². The first-order valence-corrected chi connectivity index (χ1v) is 47.6. The predicted octanol–water partition coefficient (Wildman–Crippen LogP) is 30.2. The van der Waals surface area contributed by atoms with Crippen LogP contribution in [0.1, 0.15) is 337 Å². The third-order valence-corrected chi connectivity index (χ3v) is 22.0. The molecule has 120 heavy (non-hydrogen) atoms. The lowest BCUT2D eigenvalue weighted by molar-refractivity contribution is 0.235. The highest BCUT2D eigenvalue weighted by Gasteiger charge is 2.28. The summed E-state index contributed by atoms with van der Waals surface area (Å²) in [6.45, 7) is 32.9. The van der Waals surface area contributed by atoms with E-state index < -0.39 is 0 Å². The number of aromatic amines is 2. The van der Waals surface area contributed by atoms with E-state index in [0.29, 0.717) is 148 Å². The quantitative estimate of drug-likeness (QED) is 0.0345. The molecule has 16 heteroatoms. The first kappa shape index (κ1) is 94.9. The van der Waals surface area contributed by atoms with E-state index in [-0.39, 0.29) is 0 Å². The Morgan fingerprint density at radius 1 is 0.192 bits per heavy atom. The maximum atomic E-state index is 7.02. The molecule has 9 rings (SSSR count). The molecule has 0 saturated carbocycles. The molecule has 16 nitrogen and oxygen atoms in total. The molecule has 0 fully saturated rings. The van der Waals surface area contributed by atoms with Crippen LogP contribution in [0.15, 0.2) is 72.8 Å². The second kappa shape index (κ2) is 54.5. The van der Waals surface area contributed by atoms with Crippen LogP contribution in [0, 0.1) is 0 Å². The highest BCUT2D eigenvalue weighted by Crippen LogP contribution is 2.51. The van der Waals surface area contributed by atoms with Gasteiger partial charge in [0.2, 0.25) is 23.0 Å². The van der Waals surface area contributed by atoms with Crippen LogP contribution in [0.4, 0.5) is 0 Å². The molecular weight excluding hydrogens is 1500 g/mol. The number of nitrogens with one attached hydrogen (secondary N) is 2. The Bertz CT molecular complexity index is 3730. The van der Waals surface area contributed by atoms with Gasteiger partial charge in [-0.15, -0.1) is 0 Å². The maximum absolute atomic E-state index is 7.02. The Labute approximate surface area is 721 Å². The predicted molar refractivity (Wildman–Crippen MR) is 501 cm³/mol. The molecule has 0 saturated heterocycles. The van der Waals surface area contributed by atoms with Crippen molar-refractivity contribution in [2.45, 2.75) is 314 Å². The molecule has 0 spiro atoms. The van der Waals surface area contributed by atoms with Crippen LogP contribution in [-0.2, 0) is 0 Å². The molecule has 0 unspecified atom stereocenters. The van der Waals surface area contributed by atoms with Crippen molar-refractivity contribution in [3.05, 3.63) is 95.6 Å². The van der Waals surface area contributed by atoms with Crippen molar-refractivity contribution in [2.24, 2.45) is 0 Å². The minimum absolute atomic E-state index is 0.510. The number of H-pyrrole nitrogens is 2. The molecule has 0 atom stereocenters. The summed E-state index contributed by atoms with van der Waals surface area (Å²) >= 11 is 0. The smallest absolute Gasteiger partial charge is 0.203 e. The Balaban J connectivity index is 1.52. The maximum Gasteiger partial charge on any atom is 0.203 e. The van der Waals surface area contributed by atoms with Gasteiger partial charge in [-0.1, -0.05) is 237 Å². The minimum atomic E-state index is 0.510. The topological polar surface area (TPSA) is 168 Å². The number of fused-ring (bicyclic) bond motifs is 8. The number of rotatable bonds is 64. The molecule has 8 bridgehead atoms. The number of benzene rings is 4. The van der Waals surface area contributed by atoms with Crippen LogP contribution in [0.25, 0.3) is 90.9 Å². The molecular formula is C104H150N4O12. The molecule has 2 N–H and O–H groups in total. The summed E-state index contributed by atoms with van der Waals surface area (Å²) in [6, 6.07) is 26.0. The summed E-state index contributed by atoms with van der Waals surface area (Å²) in [4.78, 5) is 20.2. The zero-order valence-electron chi connectivity index (χ0n) is 76.0. The van der Waals surface area contributed by atoms with E-state index >= 15 is 0 Å². The minimum Gasteiger partial charge on any atom is -0.490 e. The standard InChI is InChI=1S/C104H150N4O12/c1-13-25-37-57-109-89-69-77(70-90(110-58-38-26-14-2)101(89)117-65-45-33-21-9)97-81-49-51-83(105-81)98(78-71-91(111-59-39-27-15-3)102(118-66-46-34-22-10)92(72-78)112-60-40-28-16-4)85-53-55-87(107-85)100(80-75-95(115-63-43-31-19-7)104(120-68-48-36-24-12)96(76-80)116-64-44-32-20-8)88-56-54-86(108-88)99(84-52-50-82(97)106-84)79-73-93(113-61-41-29-17-5)103(119-67-47-35-23-11)94(74-79)114-62-42-30-18-6/h49-56,69-76,105,108H,13-48,57-68H2,1-12H3. The molecule has 7 aromatic rings. The van der Waals surface area contributed by atoms with Gasteiger partial charge in [-0.3, -0.25) is 0 Å². The third kappa shape index (κ3) is 28.6. The average Bonchev–Trinajstić information content (AvgIpc) is 1.58. The van der Waals surface area contributed by atoms with Crippen molar-refractivity contribution < 1.29 is 56.8 Å². The second-order valence-corrected chi connectivity index (χ2v) is 32.4. The summed E-state index contributed by atoms with van der Waals surface area (Å²) in [6.07, 6.45) is 44.4. The fraction of sp³-hybridized carbons (Fsp3) is 0.577. The van der Waals surface area contributed by atoms with Crippen molar-refractivity contribution in [1.82, 2.24) is 19.9 Å². The lowest BCUT2D eigenvalue weighted by Crippen LogP contribution is -2.07. The Kier molecular flexibility index (Phi) is 43.1. The molecule has 0 radical (unpaired) electrons. The number of ether oxygens (including phenoxy) is 12. The fourth-order valence-electron chi connectivity index (χ4n) is 15.1. The van der Waals surface area contributed by atoms with Crippen molar-refractivity contribution >= 4 is 46.4 Å². The van der Waals surface area contributed by atoms with Gasteiger partial charge in [0, 0.05) is 44.3 Å². The third-order valence-electron chi connectivity index (χ3n) is 22.0. The Hall–Kier alpha value is -8.92. The van der Waals surface area contributed by atoms with E-state index in [1.165, 1.54) is 0 Å². The summed E-state index contributed by atoms with van der Waals surface area (Å²) in [7, 11) is 0. The largest absolute Gasteiger partial charge is 0.490 e. The van der Waals surface area contributed by atoms with Gasteiger partial charge in [0.05, 0.1) is 102 Å². The van der Waals surface area contributed by atoms with Crippen molar-refractivity contribution in [3.63, 3.8) is 0 Å². The molecule has 2 aliphatic heterocycles. The summed E-state index contributed by atoms with van der Waals surface area (Å²) in [5, 5.41) is 0. The highest BCUT2D eigenvalue weighted by atomic mass is 16.6. The van der Waals surface area contributed by atoms with Gasteiger partial charge in [0.1, 0.15) is 0 Å². The normalized spacial score (nSPS) is 11.7. The monoisotopic (exact) mass is 1650 g/mol. The van der Waals surface area contributed by atoms with Crippen LogP contribution in [0.2, 0.25) is 0 Å². The lowest BCUT2D eigenvalue weighted by atomic mass is 10.0. The van der Waals surface area contributed by atoms with Crippen LogP contribution in [-0.4, -0.2) is 99.2 Å². The van der Waals surface area contributed by atoms with E-state index in [1.54, 1.807) is 0 Å². The van der Waals surface area contributed by atoms with Crippen LogP contribution in [0.5, 0.6) is 69.0 Å². The van der Waals surface area contributed by atoms with E-state index in [4.69, 9.17) is 66.8 Å². The zero-order chi connectivity index (χ0) is 84.7. The highest BCUT2D eigenvalue weighted by molar-refractivity contribution is 6.01. The molecule has 658 valence electrons. The number of nitrogens with zero attached hydrogens (tertiary/aromatic N) is 2. The summed E-state index contributed by atoms with van der Waals surface area (Å²) < 4.78 is 83.8. The van der Waals surface area contributed by atoms with E-state index in [0.717, 1.165) is 320 Å². The Morgan fingerprint density at radius 3 is 0.475 bits per heavy atom. The van der Waals surface area contributed by atoms with E-state index in [1.807, 2.05) is 0 Å². The zero-order valence-corrected chi connectivity index (χ0v) is 76.0. The summed E-state index contributed by atoms with van der Waals surface area (Å²) in [5.41, 5.74) is 12.8. The van der Waals surface area contributed by atoms with Crippen molar-refractivity contribution in [3.8, 4) is 114 Å². The number of hydrogen-bond acceptors (Lipinski definition) is 14. The number of aromatic nitrogens is 4. The van der Waals surface area contributed by atoms with Crippen LogP contribution >= 0.6 is 0 Å². The summed E-state index contributed by atoms with van der Waals surface area (Å²) in [5.74, 6) is 7.54. The molecule has 0 aliphatic carbocycles. The Morgan fingerprint density at radius 2 is 0.333 bits per heavy atom. The lowest BCUT2D eigenvalue weighted by Gasteiger charge is -2.20. The van der Waals surface area contributed by atoms with E-state index in [9.17, 15) is 0 Å². The molecule has 0 amide bonds. The molecule has 4 aromatic carbocycles. The van der Waals surface area contributed by atoms with Gasteiger partial charge in [0.15, 0.2) is 46.0 Å². The van der Waals surface area contributed by atoms with E-state index in [2.05, 4.69) is 190 Å². The average molecular weight is 1650 g/mol. The van der Waals surface area contributed by atoms with Crippen molar-refractivity contribution in [2.75, 3.05) is 79.3 Å². The van der Waals surface area contributed by atoms with Gasteiger partial charge in [-0.25, -0.2) is 9.97 Å². The SMILES string of the molecule is CCCCCOc1cc(-c2c3nc(c(-c4cc(OCCCCC)c(OCCCCC)c(OCCCCC)c4)c4ccc([nH]4)c(-c4cc(OCCCCC)c(OCCCCC)c(OCCCCC)c4)c4nc(c(-c5cc(OCCCCC)c(OCCCCC)c(OCCCCC)c5)c5ccc2[nH]5)C=C4)C=C3)cc(OCCCCC)c1OCCCCC. The first-order chi connectivity index (χ1) is 59.1.